The standard InChI is InChI=1S/C14H29NO/c1-5-7-8-9-10-14(16)15(6-2)12-11-13(3)4/h13H,5-12H2,1-4H3. The van der Waals surface area contributed by atoms with Crippen LogP contribution in [-0.2, 0) is 4.79 Å². The molecule has 0 aliphatic carbocycles. The van der Waals surface area contributed by atoms with E-state index >= 15 is 0 Å². The molecule has 2 heteroatoms. The van der Waals surface area contributed by atoms with Gasteiger partial charge in [0.25, 0.3) is 0 Å². The van der Waals surface area contributed by atoms with E-state index in [1.807, 2.05) is 4.90 Å². The van der Waals surface area contributed by atoms with Gasteiger partial charge < -0.3 is 4.90 Å². The number of amides is 1. The van der Waals surface area contributed by atoms with Gasteiger partial charge in [0.05, 0.1) is 0 Å². The molecule has 0 bridgehead atoms. The van der Waals surface area contributed by atoms with E-state index in [-0.39, 0.29) is 0 Å². The van der Waals surface area contributed by atoms with Crippen LogP contribution in [-0.4, -0.2) is 23.9 Å². The molecule has 0 radical (unpaired) electrons. The average molecular weight is 227 g/mol. The number of hydrogen-bond acceptors (Lipinski definition) is 1. The van der Waals surface area contributed by atoms with Crippen LogP contribution in [0.4, 0.5) is 0 Å². The molecule has 0 aromatic heterocycles. The minimum atomic E-state index is 0.347. The zero-order chi connectivity index (χ0) is 12.4. The summed E-state index contributed by atoms with van der Waals surface area (Å²) in [5.74, 6) is 1.03. The van der Waals surface area contributed by atoms with Crippen molar-refractivity contribution in [3.63, 3.8) is 0 Å². The molecule has 0 saturated heterocycles. The molecule has 0 heterocycles. The van der Waals surface area contributed by atoms with Crippen molar-refractivity contribution in [2.45, 2.75) is 66.2 Å². The molecule has 0 N–H and O–H groups in total. The Hall–Kier alpha value is -0.530. The molecule has 0 fully saturated rings. The van der Waals surface area contributed by atoms with Crippen LogP contribution in [0, 0.1) is 5.92 Å². The Kier molecular flexibility index (Phi) is 9.36. The molecule has 0 atom stereocenters. The summed E-state index contributed by atoms with van der Waals surface area (Å²) in [4.78, 5) is 13.9. The molecule has 0 aromatic rings. The summed E-state index contributed by atoms with van der Waals surface area (Å²) in [6.45, 7) is 10.5. The number of rotatable bonds is 9. The summed E-state index contributed by atoms with van der Waals surface area (Å²) >= 11 is 0. The highest BCUT2D eigenvalue weighted by molar-refractivity contribution is 5.76. The third kappa shape index (κ3) is 7.72. The normalized spacial score (nSPS) is 10.8. The first-order chi connectivity index (χ1) is 7.61. The number of nitrogens with zero attached hydrogens (tertiary/aromatic N) is 1. The number of carbonyl (C=O) groups excluding carboxylic acids is 1. The van der Waals surface area contributed by atoms with Gasteiger partial charge in [0.2, 0.25) is 5.91 Å². The van der Waals surface area contributed by atoms with E-state index in [1.54, 1.807) is 0 Å². The maximum absolute atomic E-state index is 11.9. The quantitative estimate of drug-likeness (QED) is 0.548. The molecular formula is C14H29NO. The lowest BCUT2D eigenvalue weighted by molar-refractivity contribution is -0.131. The van der Waals surface area contributed by atoms with Crippen LogP contribution in [0.5, 0.6) is 0 Å². The first-order valence-corrected chi connectivity index (χ1v) is 6.89. The first kappa shape index (κ1) is 15.5. The van der Waals surface area contributed by atoms with Gasteiger partial charge in [-0.05, 0) is 25.7 Å². The molecule has 0 aliphatic rings. The topological polar surface area (TPSA) is 20.3 Å². The van der Waals surface area contributed by atoms with Crippen LogP contribution >= 0.6 is 0 Å². The number of carbonyl (C=O) groups is 1. The van der Waals surface area contributed by atoms with Crippen LogP contribution < -0.4 is 0 Å². The Morgan fingerprint density at radius 1 is 1.12 bits per heavy atom. The maximum Gasteiger partial charge on any atom is 0.222 e. The average Bonchev–Trinajstić information content (AvgIpc) is 2.25. The third-order valence-electron chi connectivity index (χ3n) is 2.95. The lowest BCUT2D eigenvalue weighted by Gasteiger charge is -2.21. The van der Waals surface area contributed by atoms with Crippen molar-refractivity contribution in [3.05, 3.63) is 0 Å². The molecule has 2 nitrogen and oxygen atoms in total. The zero-order valence-electron chi connectivity index (χ0n) is 11.6. The lowest BCUT2D eigenvalue weighted by Crippen LogP contribution is -2.32. The van der Waals surface area contributed by atoms with Crippen LogP contribution in [0.1, 0.15) is 66.2 Å². The highest BCUT2D eigenvalue weighted by atomic mass is 16.2. The van der Waals surface area contributed by atoms with E-state index in [0.717, 1.165) is 32.4 Å². The molecule has 0 unspecified atom stereocenters. The summed E-state index contributed by atoms with van der Waals surface area (Å²) in [6, 6.07) is 0. The zero-order valence-corrected chi connectivity index (χ0v) is 11.6. The summed E-state index contributed by atoms with van der Waals surface area (Å²) in [5, 5.41) is 0. The lowest BCUT2D eigenvalue weighted by atomic mass is 10.1. The van der Waals surface area contributed by atoms with Gasteiger partial charge >= 0.3 is 0 Å². The Morgan fingerprint density at radius 3 is 2.31 bits per heavy atom. The largest absolute Gasteiger partial charge is 0.343 e. The van der Waals surface area contributed by atoms with Crippen molar-refractivity contribution >= 4 is 5.91 Å². The molecule has 1 amide bonds. The van der Waals surface area contributed by atoms with Crippen molar-refractivity contribution in [1.82, 2.24) is 4.90 Å². The SMILES string of the molecule is CCCCCCC(=O)N(CC)CCC(C)C. The van der Waals surface area contributed by atoms with E-state index in [4.69, 9.17) is 0 Å². The van der Waals surface area contributed by atoms with E-state index in [0.29, 0.717) is 11.8 Å². The fourth-order valence-corrected chi connectivity index (χ4v) is 1.73. The van der Waals surface area contributed by atoms with Gasteiger partial charge in [0.15, 0.2) is 0 Å². The molecule has 0 saturated carbocycles. The number of hydrogen-bond donors (Lipinski definition) is 0. The van der Waals surface area contributed by atoms with E-state index in [2.05, 4.69) is 27.7 Å². The van der Waals surface area contributed by atoms with E-state index < -0.39 is 0 Å². The fourth-order valence-electron chi connectivity index (χ4n) is 1.73. The summed E-state index contributed by atoms with van der Waals surface area (Å²) in [7, 11) is 0. The van der Waals surface area contributed by atoms with Crippen molar-refractivity contribution in [1.29, 1.82) is 0 Å². The minimum Gasteiger partial charge on any atom is -0.343 e. The van der Waals surface area contributed by atoms with Gasteiger partial charge in [-0.25, -0.2) is 0 Å². The Bertz CT molecular complexity index is 178. The van der Waals surface area contributed by atoms with Crippen molar-refractivity contribution < 1.29 is 4.79 Å². The van der Waals surface area contributed by atoms with Crippen LogP contribution in [0.15, 0.2) is 0 Å². The predicted molar refractivity (Wildman–Crippen MR) is 70.5 cm³/mol. The van der Waals surface area contributed by atoms with Gasteiger partial charge in [0.1, 0.15) is 0 Å². The Balaban J connectivity index is 3.73. The fraction of sp³-hybridized carbons (Fsp3) is 0.929. The minimum absolute atomic E-state index is 0.347. The first-order valence-electron chi connectivity index (χ1n) is 6.89. The van der Waals surface area contributed by atoms with Crippen molar-refractivity contribution in [2.24, 2.45) is 5.92 Å². The van der Waals surface area contributed by atoms with Crippen LogP contribution in [0.25, 0.3) is 0 Å². The van der Waals surface area contributed by atoms with Gasteiger partial charge in [-0.15, -0.1) is 0 Å². The summed E-state index contributed by atoms with van der Waals surface area (Å²) in [6.07, 6.45) is 6.61. The molecule has 0 rings (SSSR count). The monoisotopic (exact) mass is 227 g/mol. The smallest absolute Gasteiger partial charge is 0.222 e. The predicted octanol–water partition coefficient (Wildman–Crippen LogP) is 3.85. The molecule has 0 spiro atoms. The van der Waals surface area contributed by atoms with Crippen LogP contribution in [0.2, 0.25) is 0 Å². The Morgan fingerprint density at radius 2 is 1.81 bits per heavy atom. The second-order valence-corrected chi connectivity index (χ2v) is 4.97. The summed E-state index contributed by atoms with van der Waals surface area (Å²) < 4.78 is 0. The maximum atomic E-state index is 11.9. The summed E-state index contributed by atoms with van der Waals surface area (Å²) in [5.41, 5.74) is 0. The Labute approximate surface area is 101 Å². The molecule has 0 aromatic carbocycles. The van der Waals surface area contributed by atoms with E-state index in [9.17, 15) is 4.79 Å². The van der Waals surface area contributed by atoms with Gasteiger partial charge in [0, 0.05) is 19.5 Å². The van der Waals surface area contributed by atoms with Crippen molar-refractivity contribution in [2.75, 3.05) is 13.1 Å². The van der Waals surface area contributed by atoms with Gasteiger partial charge in [-0.3, -0.25) is 4.79 Å². The third-order valence-corrected chi connectivity index (χ3v) is 2.95. The molecular weight excluding hydrogens is 198 g/mol. The molecule has 16 heavy (non-hydrogen) atoms. The second-order valence-electron chi connectivity index (χ2n) is 4.97. The van der Waals surface area contributed by atoms with E-state index in [1.165, 1.54) is 19.3 Å². The molecule has 96 valence electrons. The molecule has 0 aliphatic heterocycles. The van der Waals surface area contributed by atoms with Crippen LogP contribution in [0.3, 0.4) is 0 Å². The highest BCUT2D eigenvalue weighted by Gasteiger charge is 2.11. The number of unbranched alkanes of at least 4 members (excludes halogenated alkanes) is 3. The van der Waals surface area contributed by atoms with Gasteiger partial charge in [-0.2, -0.15) is 0 Å². The highest BCUT2D eigenvalue weighted by Crippen LogP contribution is 2.07. The second kappa shape index (κ2) is 9.68. The van der Waals surface area contributed by atoms with Crippen molar-refractivity contribution in [3.8, 4) is 0 Å². The van der Waals surface area contributed by atoms with Gasteiger partial charge in [-0.1, -0.05) is 40.0 Å².